The van der Waals surface area contributed by atoms with E-state index in [1.807, 2.05) is 0 Å². The first-order valence-corrected chi connectivity index (χ1v) is 7.70. The predicted molar refractivity (Wildman–Crippen MR) is 84.8 cm³/mol. The highest BCUT2D eigenvalue weighted by Crippen LogP contribution is 2.36. The Morgan fingerprint density at radius 3 is 2.29 bits per heavy atom. The molecule has 1 saturated carbocycles. The van der Waals surface area contributed by atoms with Crippen molar-refractivity contribution in [3.8, 4) is 5.75 Å². The minimum atomic E-state index is -4.61. The smallest absolute Gasteiger partial charge is 0.428 e. The molecule has 0 heterocycles. The highest BCUT2D eigenvalue weighted by atomic mass is 35.5. The van der Waals surface area contributed by atoms with Gasteiger partial charge in [-0.1, -0.05) is 37.5 Å². The Morgan fingerprint density at radius 1 is 1.12 bits per heavy atom. The van der Waals surface area contributed by atoms with Crippen molar-refractivity contribution >= 4 is 12.4 Å². The molecule has 0 unspecified atom stereocenters. The second-order valence-electron chi connectivity index (χ2n) is 5.92. The monoisotopic (exact) mass is 371 g/mol. The summed E-state index contributed by atoms with van der Waals surface area (Å²) in [6.07, 6.45) is -4.80. The molecule has 8 heteroatoms. The summed E-state index contributed by atoms with van der Waals surface area (Å²) < 4.78 is 55.1. The van der Waals surface area contributed by atoms with Crippen molar-refractivity contribution in [1.29, 1.82) is 0 Å². The van der Waals surface area contributed by atoms with Crippen molar-refractivity contribution in [1.82, 2.24) is 0 Å². The molecular weight excluding hydrogens is 350 g/mol. The van der Waals surface area contributed by atoms with Gasteiger partial charge < -0.3 is 15.6 Å². The Labute approximate surface area is 144 Å². The molecule has 1 aromatic carbocycles. The molecule has 2 atom stereocenters. The van der Waals surface area contributed by atoms with Crippen molar-refractivity contribution in [3.05, 3.63) is 29.8 Å². The number of aliphatic hydroxyl groups is 1. The number of hydrogen-bond acceptors (Lipinski definition) is 3. The fraction of sp³-hybridized carbons (Fsp3) is 0.625. The Morgan fingerprint density at radius 2 is 1.71 bits per heavy atom. The molecule has 1 fully saturated rings. The van der Waals surface area contributed by atoms with E-state index in [9.17, 15) is 22.7 Å². The number of alkyl halides is 4. The number of ether oxygens (including phenoxy) is 1. The quantitative estimate of drug-likeness (QED) is 0.733. The third-order valence-electron chi connectivity index (χ3n) is 4.28. The highest BCUT2D eigenvalue weighted by molar-refractivity contribution is 5.85. The maximum atomic E-state index is 13.2. The number of benzene rings is 1. The van der Waals surface area contributed by atoms with E-state index < -0.39 is 30.4 Å². The van der Waals surface area contributed by atoms with Gasteiger partial charge in [0.05, 0.1) is 12.1 Å². The molecule has 3 N–H and O–H groups in total. The van der Waals surface area contributed by atoms with Gasteiger partial charge >= 0.3 is 12.5 Å². The lowest BCUT2D eigenvalue weighted by atomic mass is 9.81. The fourth-order valence-electron chi connectivity index (χ4n) is 2.99. The van der Waals surface area contributed by atoms with E-state index in [-0.39, 0.29) is 23.9 Å². The van der Waals surface area contributed by atoms with Gasteiger partial charge in [-0.05, 0) is 24.8 Å². The number of rotatable bonds is 6. The maximum Gasteiger partial charge on any atom is 0.461 e. The topological polar surface area (TPSA) is 55.5 Å². The van der Waals surface area contributed by atoms with Crippen LogP contribution in [0.25, 0.3) is 0 Å². The van der Waals surface area contributed by atoms with Crippen LogP contribution in [0.2, 0.25) is 0 Å². The first kappa shape index (κ1) is 21.0. The van der Waals surface area contributed by atoms with Crippen LogP contribution in [0.15, 0.2) is 24.3 Å². The van der Waals surface area contributed by atoms with Gasteiger partial charge in [-0.15, -0.1) is 12.4 Å². The largest absolute Gasteiger partial charge is 0.461 e. The summed E-state index contributed by atoms with van der Waals surface area (Å²) >= 11 is 0. The van der Waals surface area contributed by atoms with Crippen molar-refractivity contribution in [2.45, 2.75) is 56.8 Å². The van der Waals surface area contributed by atoms with Gasteiger partial charge in [-0.3, -0.25) is 0 Å². The van der Waals surface area contributed by atoms with Gasteiger partial charge in [0.25, 0.3) is 0 Å². The lowest BCUT2D eigenvalue weighted by molar-refractivity contribution is -0.253. The molecule has 2 rings (SSSR count). The second kappa shape index (κ2) is 8.87. The van der Waals surface area contributed by atoms with Crippen LogP contribution in [0.5, 0.6) is 5.75 Å². The summed E-state index contributed by atoms with van der Waals surface area (Å²) in [7, 11) is 0. The van der Waals surface area contributed by atoms with Crippen LogP contribution in [0, 0.1) is 5.92 Å². The molecule has 1 aromatic rings. The zero-order valence-electron chi connectivity index (χ0n) is 13.0. The molecule has 0 spiro atoms. The number of hydrogen-bond donors (Lipinski definition) is 2. The molecule has 24 heavy (non-hydrogen) atoms. The van der Waals surface area contributed by atoms with Crippen molar-refractivity contribution in [2.75, 3.05) is 0 Å². The molecule has 3 nitrogen and oxygen atoms in total. The third-order valence-corrected chi connectivity index (χ3v) is 4.28. The van der Waals surface area contributed by atoms with Gasteiger partial charge in [0.1, 0.15) is 5.75 Å². The predicted octanol–water partition coefficient (Wildman–Crippen LogP) is 4.29. The standard InChI is InChI=1S/C16H21F4NO2.ClH/c17-15(18)16(19,20)23-12-9-5-4-8-11(12)13(21)14(22)10-6-2-1-3-7-10;/h4-5,8-10,13-15,22H,1-3,6-7,21H2;1H/t13-,14+;/m0./s1. The SMILES string of the molecule is Cl.N[C@@H](c1ccccc1OC(F)(F)C(F)F)[C@H](O)C1CCCCC1. The van der Waals surface area contributed by atoms with Crippen molar-refractivity contribution < 1.29 is 27.4 Å². The number of halogens is 5. The molecule has 0 saturated heterocycles. The average molecular weight is 372 g/mol. The molecule has 1 aliphatic rings. The Balaban J connectivity index is 0.00000288. The zero-order chi connectivity index (χ0) is 17.0. The van der Waals surface area contributed by atoms with Gasteiger partial charge in [-0.2, -0.15) is 17.6 Å². The summed E-state index contributed by atoms with van der Waals surface area (Å²) in [5.41, 5.74) is 6.11. The first-order valence-electron chi connectivity index (χ1n) is 7.70. The molecule has 138 valence electrons. The van der Waals surface area contributed by atoms with E-state index in [0.717, 1.165) is 38.2 Å². The minimum Gasteiger partial charge on any atom is -0.428 e. The normalized spacial score (nSPS) is 18.8. The minimum absolute atomic E-state index is 0. The van der Waals surface area contributed by atoms with E-state index in [4.69, 9.17) is 5.73 Å². The van der Waals surface area contributed by atoms with Crippen LogP contribution in [0.1, 0.15) is 43.7 Å². The Hall–Kier alpha value is -1.05. The molecule has 0 radical (unpaired) electrons. The Bertz CT molecular complexity index is 513. The van der Waals surface area contributed by atoms with Gasteiger partial charge in [-0.25, -0.2) is 0 Å². The highest BCUT2D eigenvalue weighted by Gasteiger charge is 2.44. The lowest BCUT2D eigenvalue weighted by Gasteiger charge is -2.31. The molecule has 1 aliphatic carbocycles. The van der Waals surface area contributed by atoms with E-state index in [1.165, 1.54) is 18.2 Å². The van der Waals surface area contributed by atoms with E-state index in [1.54, 1.807) is 0 Å². The van der Waals surface area contributed by atoms with Crippen molar-refractivity contribution in [2.24, 2.45) is 11.7 Å². The van der Waals surface area contributed by atoms with Gasteiger partial charge in [0.2, 0.25) is 0 Å². The van der Waals surface area contributed by atoms with E-state index >= 15 is 0 Å². The van der Waals surface area contributed by atoms with Gasteiger partial charge in [0, 0.05) is 5.56 Å². The summed E-state index contributed by atoms with van der Waals surface area (Å²) in [6.45, 7) is 0. The summed E-state index contributed by atoms with van der Waals surface area (Å²) in [5, 5.41) is 10.4. The van der Waals surface area contributed by atoms with Crippen LogP contribution >= 0.6 is 12.4 Å². The first-order chi connectivity index (χ1) is 10.8. The molecule has 0 amide bonds. The summed E-state index contributed by atoms with van der Waals surface area (Å²) in [6, 6.07) is 4.52. The van der Waals surface area contributed by atoms with Crippen LogP contribution in [-0.2, 0) is 0 Å². The van der Waals surface area contributed by atoms with Gasteiger partial charge in [0.15, 0.2) is 0 Å². The number of aliphatic hydroxyl groups excluding tert-OH is 1. The molecule has 0 aromatic heterocycles. The Kier molecular flexibility index (Phi) is 7.76. The van der Waals surface area contributed by atoms with Crippen LogP contribution in [0.3, 0.4) is 0 Å². The van der Waals surface area contributed by atoms with E-state index in [2.05, 4.69) is 4.74 Å². The summed E-state index contributed by atoms with van der Waals surface area (Å²) in [4.78, 5) is 0. The number of nitrogens with two attached hydrogens (primary N) is 1. The lowest BCUT2D eigenvalue weighted by Crippen LogP contribution is -2.36. The molecule has 0 aliphatic heterocycles. The van der Waals surface area contributed by atoms with Crippen LogP contribution in [0.4, 0.5) is 17.6 Å². The summed E-state index contributed by atoms with van der Waals surface area (Å²) in [5.74, 6) is -0.456. The molecule has 0 bridgehead atoms. The molecular formula is C16H22ClF4NO2. The zero-order valence-corrected chi connectivity index (χ0v) is 13.8. The van der Waals surface area contributed by atoms with Crippen LogP contribution in [-0.4, -0.2) is 23.7 Å². The van der Waals surface area contributed by atoms with Crippen molar-refractivity contribution in [3.63, 3.8) is 0 Å². The van der Waals surface area contributed by atoms with E-state index in [0.29, 0.717) is 0 Å². The fourth-order valence-corrected chi connectivity index (χ4v) is 2.99. The number of para-hydroxylation sites is 1. The van der Waals surface area contributed by atoms with Crippen LogP contribution < -0.4 is 10.5 Å². The maximum absolute atomic E-state index is 13.2. The second-order valence-corrected chi connectivity index (χ2v) is 5.92. The average Bonchev–Trinajstić information content (AvgIpc) is 2.54. The third kappa shape index (κ3) is 4.97.